The first-order chi connectivity index (χ1) is 9.10. The van der Waals surface area contributed by atoms with Crippen molar-refractivity contribution < 1.29 is 9.53 Å². The van der Waals surface area contributed by atoms with Gasteiger partial charge in [-0.05, 0) is 6.92 Å². The highest BCUT2D eigenvalue weighted by molar-refractivity contribution is 7.13. The molecule has 0 atom stereocenters. The van der Waals surface area contributed by atoms with E-state index in [-0.39, 0.29) is 5.97 Å². The summed E-state index contributed by atoms with van der Waals surface area (Å²) < 4.78 is 4.59. The number of ether oxygens (including phenoxy) is 1. The van der Waals surface area contributed by atoms with Gasteiger partial charge in [-0.2, -0.15) is 0 Å². The lowest BCUT2D eigenvalue weighted by Gasteiger charge is -2.01. The van der Waals surface area contributed by atoms with Crippen molar-refractivity contribution in [3.8, 4) is 10.6 Å². The summed E-state index contributed by atoms with van der Waals surface area (Å²) in [4.78, 5) is 23.7. The molecule has 0 aromatic carbocycles. The number of thiazole rings is 1. The molecule has 2 aromatic heterocycles. The topological polar surface area (TPSA) is 91.0 Å². The molecule has 0 fully saturated rings. The maximum atomic E-state index is 11.1. The van der Waals surface area contributed by atoms with Crippen molar-refractivity contribution >= 4 is 23.1 Å². The normalized spacial score (nSPS) is 10.4. The van der Waals surface area contributed by atoms with Gasteiger partial charge in [0.2, 0.25) is 0 Å². The zero-order valence-electron chi connectivity index (χ0n) is 10.7. The van der Waals surface area contributed by atoms with E-state index in [1.165, 1.54) is 18.4 Å². The first kappa shape index (κ1) is 13.4. The SMILES string of the molecule is COC(=O)CCc1csc(-c2cnc(C)nc2N)n1. The molecule has 2 aromatic rings. The van der Waals surface area contributed by atoms with Gasteiger partial charge in [0.25, 0.3) is 0 Å². The second kappa shape index (κ2) is 5.75. The fraction of sp³-hybridized carbons (Fsp3) is 0.333. The molecule has 2 N–H and O–H groups in total. The second-order valence-electron chi connectivity index (χ2n) is 3.94. The fourth-order valence-electron chi connectivity index (χ4n) is 1.53. The number of methoxy groups -OCH3 is 1. The van der Waals surface area contributed by atoms with Crippen molar-refractivity contribution in [2.45, 2.75) is 19.8 Å². The number of aryl methyl sites for hydroxylation is 2. The van der Waals surface area contributed by atoms with E-state index in [1.54, 1.807) is 13.1 Å². The van der Waals surface area contributed by atoms with Crippen molar-refractivity contribution in [2.75, 3.05) is 12.8 Å². The lowest BCUT2D eigenvalue weighted by atomic mass is 10.2. The molecule has 0 saturated heterocycles. The largest absolute Gasteiger partial charge is 0.469 e. The molecule has 0 spiro atoms. The Balaban J connectivity index is 2.14. The maximum absolute atomic E-state index is 11.1. The molecule has 100 valence electrons. The van der Waals surface area contributed by atoms with Crippen LogP contribution in [0.4, 0.5) is 5.82 Å². The number of carbonyl (C=O) groups excluding carboxylic acids is 1. The highest BCUT2D eigenvalue weighted by Gasteiger charge is 2.11. The Morgan fingerprint density at radius 1 is 1.47 bits per heavy atom. The Kier molecular flexibility index (Phi) is 4.06. The standard InChI is InChI=1S/C12H14N4O2S/c1-7-14-5-9(11(13)15-7)12-16-8(6-19-12)3-4-10(17)18-2/h5-6H,3-4H2,1-2H3,(H2,13,14,15). The Morgan fingerprint density at radius 3 is 2.95 bits per heavy atom. The summed E-state index contributed by atoms with van der Waals surface area (Å²) in [5.41, 5.74) is 7.41. The van der Waals surface area contributed by atoms with Crippen molar-refractivity contribution in [1.29, 1.82) is 0 Å². The molecule has 0 aliphatic heterocycles. The molecule has 6 nitrogen and oxygen atoms in total. The number of hydrogen-bond donors (Lipinski definition) is 1. The Bertz CT molecular complexity index is 597. The average molecular weight is 278 g/mol. The van der Waals surface area contributed by atoms with Crippen LogP contribution in [0.2, 0.25) is 0 Å². The molecule has 0 amide bonds. The molecular weight excluding hydrogens is 264 g/mol. The van der Waals surface area contributed by atoms with Crippen LogP contribution in [0.5, 0.6) is 0 Å². The summed E-state index contributed by atoms with van der Waals surface area (Å²) in [7, 11) is 1.37. The van der Waals surface area contributed by atoms with Crippen LogP contribution in [0.3, 0.4) is 0 Å². The van der Waals surface area contributed by atoms with Crippen molar-refractivity contribution in [3.05, 3.63) is 23.1 Å². The van der Waals surface area contributed by atoms with Crippen molar-refractivity contribution in [1.82, 2.24) is 15.0 Å². The maximum Gasteiger partial charge on any atom is 0.305 e. The highest BCUT2D eigenvalue weighted by Crippen LogP contribution is 2.27. The van der Waals surface area contributed by atoms with Crippen molar-refractivity contribution in [2.24, 2.45) is 0 Å². The first-order valence-corrected chi connectivity index (χ1v) is 6.59. The molecule has 0 bridgehead atoms. The van der Waals surface area contributed by atoms with Gasteiger partial charge in [0.05, 0.1) is 24.8 Å². The molecule has 7 heteroatoms. The number of carbonyl (C=O) groups is 1. The van der Waals surface area contributed by atoms with E-state index in [2.05, 4.69) is 19.7 Å². The monoisotopic (exact) mass is 278 g/mol. The van der Waals surface area contributed by atoms with Crippen LogP contribution in [0.1, 0.15) is 17.9 Å². The van der Waals surface area contributed by atoms with E-state index in [9.17, 15) is 4.79 Å². The number of hydrogen-bond acceptors (Lipinski definition) is 7. The predicted molar refractivity (Wildman–Crippen MR) is 72.6 cm³/mol. The van der Waals surface area contributed by atoms with Crippen LogP contribution in [-0.4, -0.2) is 28.0 Å². The number of esters is 1. The quantitative estimate of drug-likeness (QED) is 0.854. The molecule has 0 aliphatic rings. The Hall–Kier alpha value is -2.02. The zero-order valence-corrected chi connectivity index (χ0v) is 11.5. The van der Waals surface area contributed by atoms with Crippen LogP contribution in [0.15, 0.2) is 11.6 Å². The first-order valence-electron chi connectivity index (χ1n) is 5.71. The molecular formula is C12H14N4O2S. The van der Waals surface area contributed by atoms with Gasteiger partial charge in [-0.25, -0.2) is 15.0 Å². The summed E-state index contributed by atoms with van der Waals surface area (Å²) in [5, 5.41) is 2.66. The lowest BCUT2D eigenvalue weighted by Crippen LogP contribution is -2.02. The van der Waals surface area contributed by atoms with Gasteiger partial charge >= 0.3 is 5.97 Å². The molecule has 2 heterocycles. The van der Waals surface area contributed by atoms with Crippen LogP contribution in [-0.2, 0) is 16.0 Å². The van der Waals surface area contributed by atoms with E-state index in [4.69, 9.17) is 5.73 Å². The van der Waals surface area contributed by atoms with E-state index < -0.39 is 0 Å². The molecule has 0 radical (unpaired) electrons. The minimum absolute atomic E-state index is 0.243. The van der Waals surface area contributed by atoms with Gasteiger partial charge in [0.15, 0.2) is 0 Å². The minimum atomic E-state index is -0.243. The molecule has 0 unspecified atom stereocenters. The lowest BCUT2D eigenvalue weighted by molar-refractivity contribution is -0.140. The van der Waals surface area contributed by atoms with Crippen LogP contribution < -0.4 is 5.73 Å². The third kappa shape index (κ3) is 3.25. The molecule has 19 heavy (non-hydrogen) atoms. The van der Waals surface area contributed by atoms with E-state index >= 15 is 0 Å². The van der Waals surface area contributed by atoms with E-state index in [1.807, 2.05) is 5.38 Å². The summed E-state index contributed by atoms with van der Waals surface area (Å²) in [5.74, 6) is 0.804. The van der Waals surface area contributed by atoms with Crippen LogP contribution in [0.25, 0.3) is 10.6 Å². The highest BCUT2D eigenvalue weighted by atomic mass is 32.1. The fourth-order valence-corrected chi connectivity index (χ4v) is 2.40. The van der Waals surface area contributed by atoms with Gasteiger partial charge in [0.1, 0.15) is 16.6 Å². The number of nitrogens with two attached hydrogens (primary N) is 1. The van der Waals surface area contributed by atoms with Crippen LogP contribution >= 0.6 is 11.3 Å². The third-order valence-corrected chi connectivity index (χ3v) is 3.46. The Morgan fingerprint density at radius 2 is 2.26 bits per heavy atom. The second-order valence-corrected chi connectivity index (χ2v) is 4.79. The number of aromatic nitrogens is 3. The summed E-state index contributed by atoms with van der Waals surface area (Å²) in [6.45, 7) is 1.78. The van der Waals surface area contributed by atoms with E-state index in [0.29, 0.717) is 24.5 Å². The average Bonchev–Trinajstić information content (AvgIpc) is 2.84. The van der Waals surface area contributed by atoms with Gasteiger partial charge in [-0.15, -0.1) is 11.3 Å². The predicted octanol–water partition coefficient (Wildman–Crippen LogP) is 1.60. The minimum Gasteiger partial charge on any atom is -0.469 e. The summed E-state index contributed by atoms with van der Waals surface area (Å²) >= 11 is 1.46. The molecule has 0 aliphatic carbocycles. The zero-order chi connectivity index (χ0) is 13.8. The number of nitrogen functional groups attached to an aromatic ring is 1. The van der Waals surface area contributed by atoms with Gasteiger partial charge in [0, 0.05) is 18.0 Å². The number of nitrogens with zero attached hydrogens (tertiary/aromatic N) is 3. The van der Waals surface area contributed by atoms with E-state index in [0.717, 1.165) is 16.3 Å². The van der Waals surface area contributed by atoms with Gasteiger partial charge in [-0.3, -0.25) is 4.79 Å². The van der Waals surface area contributed by atoms with Crippen molar-refractivity contribution in [3.63, 3.8) is 0 Å². The number of rotatable bonds is 4. The summed E-state index contributed by atoms with van der Waals surface area (Å²) in [6.07, 6.45) is 2.54. The third-order valence-electron chi connectivity index (χ3n) is 2.53. The van der Waals surface area contributed by atoms with Crippen LogP contribution in [0, 0.1) is 6.92 Å². The number of anilines is 1. The smallest absolute Gasteiger partial charge is 0.305 e. The summed E-state index contributed by atoms with van der Waals surface area (Å²) in [6, 6.07) is 0. The Labute approximate surface area is 114 Å². The molecule has 2 rings (SSSR count). The molecule has 0 saturated carbocycles. The van der Waals surface area contributed by atoms with Gasteiger partial charge < -0.3 is 10.5 Å². The van der Waals surface area contributed by atoms with Gasteiger partial charge in [-0.1, -0.05) is 0 Å².